The number of hydrogen-bond acceptors (Lipinski definition) is 5. The van der Waals surface area contributed by atoms with Crippen molar-refractivity contribution in [3.8, 4) is 11.3 Å². The molecule has 3 aromatic rings. The number of rotatable bonds is 3. The van der Waals surface area contributed by atoms with Crippen LogP contribution in [0.3, 0.4) is 0 Å². The Balaban J connectivity index is 1.44. The Kier molecular flexibility index (Phi) is 3.60. The molecule has 4 atom stereocenters. The monoisotopic (exact) mass is 349 g/mol. The predicted molar refractivity (Wildman–Crippen MR) is 103 cm³/mol. The lowest BCUT2D eigenvalue weighted by Crippen LogP contribution is -2.18. The van der Waals surface area contributed by atoms with Gasteiger partial charge in [0.2, 0.25) is 0 Å². The molecule has 5 rings (SSSR count). The van der Waals surface area contributed by atoms with Gasteiger partial charge in [0.25, 0.3) is 0 Å². The Morgan fingerprint density at radius 1 is 1.08 bits per heavy atom. The van der Waals surface area contributed by atoms with E-state index >= 15 is 0 Å². The quantitative estimate of drug-likeness (QED) is 0.582. The summed E-state index contributed by atoms with van der Waals surface area (Å²) in [5.41, 5.74) is 10.0. The van der Waals surface area contributed by atoms with Crippen LogP contribution in [0.2, 0.25) is 0 Å². The number of hydrogen-bond donors (Lipinski definition) is 4. The van der Waals surface area contributed by atoms with Gasteiger partial charge in [0.05, 0.1) is 17.3 Å². The Morgan fingerprint density at radius 2 is 1.88 bits per heavy atom. The molecule has 2 fully saturated rings. The number of H-pyrrole nitrogens is 1. The van der Waals surface area contributed by atoms with Crippen LogP contribution < -0.4 is 11.1 Å². The Hall–Kier alpha value is -2.60. The second-order valence-electron chi connectivity index (χ2n) is 7.75. The number of benzene rings is 1. The third-order valence-corrected chi connectivity index (χ3v) is 5.99. The van der Waals surface area contributed by atoms with Crippen molar-refractivity contribution in [3.05, 3.63) is 36.5 Å². The molecule has 6 heteroatoms. The number of nitrogens with two attached hydrogens (primary N) is 1. The molecule has 0 radical (unpaired) electrons. The van der Waals surface area contributed by atoms with Gasteiger partial charge in [0.1, 0.15) is 5.82 Å². The molecule has 2 heterocycles. The van der Waals surface area contributed by atoms with Crippen molar-refractivity contribution in [1.82, 2.24) is 15.2 Å². The number of fused-ring (bicyclic) bond motifs is 2. The van der Waals surface area contributed by atoms with E-state index < -0.39 is 0 Å². The van der Waals surface area contributed by atoms with Crippen LogP contribution >= 0.6 is 0 Å². The summed E-state index contributed by atoms with van der Waals surface area (Å²) in [7, 11) is 0. The van der Waals surface area contributed by atoms with Gasteiger partial charge >= 0.3 is 0 Å². The summed E-state index contributed by atoms with van der Waals surface area (Å²) < 4.78 is 0. The highest BCUT2D eigenvalue weighted by atomic mass is 16.3. The normalized spacial score (nSPS) is 27.7. The SMILES string of the molecule is Nc1cc(NC2C[C@H]3CC(O)C[C@H]3C2)c2ccc(-c3ccn[nH]3)cc2n1. The van der Waals surface area contributed by atoms with Crippen molar-refractivity contribution < 1.29 is 5.11 Å². The molecule has 2 aromatic heterocycles. The zero-order valence-electron chi connectivity index (χ0n) is 14.5. The minimum Gasteiger partial charge on any atom is -0.393 e. The van der Waals surface area contributed by atoms with Crippen molar-refractivity contribution in [2.45, 2.75) is 37.8 Å². The van der Waals surface area contributed by atoms with Crippen LogP contribution in [0.1, 0.15) is 25.7 Å². The molecular weight excluding hydrogens is 326 g/mol. The highest BCUT2D eigenvalue weighted by Gasteiger charge is 2.41. The smallest absolute Gasteiger partial charge is 0.126 e. The molecule has 0 saturated heterocycles. The summed E-state index contributed by atoms with van der Waals surface area (Å²) in [5, 5.41) is 21.6. The van der Waals surface area contributed by atoms with Gasteiger partial charge in [-0.25, -0.2) is 4.98 Å². The van der Waals surface area contributed by atoms with Gasteiger partial charge in [-0.15, -0.1) is 0 Å². The maximum Gasteiger partial charge on any atom is 0.126 e. The number of aromatic nitrogens is 3. The van der Waals surface area contributed by atoms with E-state index in [0.717, 1.165) is 53.5 Å². The maximum absolute atomic E-state index is 9.84. The average molecular weight is 349 g/mol. The molecular formula is C20H23N5O. The molecule has 134 valence electrons. The fourth-order valence-corrected chi connectivity index (χ4v) is 4.87. The summed E-state index contributed by atoms with van der Waals surface area (Å²) in [6.07, 6.45) is 5.80. The first-order chi connectivity index (χ1) is 12.7. The first kappa shape index (κ1) is 15.6. The third kappa shape index (κ3) is 2.70. The standard InChI is InChI=1S/C20H23N5O/c21-20-10-19(23-14-5-12-7-15(26)8-13(12)6-14)16-2-1-11(9-18(16)24-20)17-3-4-22-25-17/h1-4,9-10,12-15,26H,5-8H2,(H,22,25)(H3,21,23,24)/t12-,13+,14?,15?. The van der Waals surface area contributed by atoms with Crippen molar-refractivity contribution in [1.29, 1.82) is 0 Å². The predicted octanol–water partition coefficient (Wildman–Crippen LogP) is 3.17. The highest BCUT2D eigenvalue weighted by Crippen LogP contribution is 2.45. The van der Waals surface area contributed by atoms with Crippen molar-refractivity contribution in [3.63, 3.8) is 0 Å². The number of nitrogens with zero attached hydrogens (tertiary/aromatic N) is 2. The minimum atomic E-state index is -0.0933. The van der Waals surface area contributed by atoms with Crippen LogP contribution in [0.5, 0.6) is 0 Å². The molecule has 6 nitrogen and oxygen atoms in total. The molecule has 1 aromatic carbocycles. The van der Waals surface area contributed by atoms with E-state index in [2.05, 4.69) is 32.6 Å². The molecule has 2 unspecified atom stereocenters. The molecule has 2 saturated carbocycles. The highest BCUT2D eigenvalue weighted by molar-refractivity contribution is 5.95. The molecule has 26 heavy (non-hydrogen) atoms. The number of nitrogens with one attached hydrogen (secondary N) is 2. The summed E-state index contributed by atoms with van der Waals surface area (Å²) in [6, 6.07) is 10.5. The summed E-state index contributed by atoms with van der Waals surface area (Å²) in [5.74, 6) is 1.83. The van der Waals surface area contributed by atoms with Crippen LogP contribution in [-0.2, 0) is 0 Å². The fourth-order valence-electron chi connectivity index (χ4n) is 4.87. The maximum atomic E-state index is 9.84. The molecule has 2 aliphatic rings. The van der Waals surface area contributed by atoms with Gasteiger partial charge in [-0.2, -0.15) is 5.10 Å². The number of aliphatic hydroxyl groups excluding tert-OH is 1. The Bertz CT molecular complexity index is 925. The minimum absolute atomic E-state index is 0.0933. The molecule has 0 amide bonds. The first-order valence-electron chi connectivity index (χ1n) is 9.30. The van der Waals surface area contributed by atoms with Gasteiger partial charge < -0.3 is 16.2 Å². The molecule has 5 N–H and O–H groups in total. The second kappa shape index (κ2) is 5.99. The molecule has 2 aliphatic carbocycles. The van der Waals surface area contributed by atoms with Crippen LogP contribution in [0.15, 0.2) is 36.5 Å². The van der Waals surface area contributed by atoms with Crippen molar-refractivity contribution >= 4 is 22.4 Å². The lowest BCUT2D eigenvalue weighted by Gasteiger charge is -2.18. The third-order valence-electron chi connectivity index (χ3n) is 5.99. The van der Waals surface area contributed by atoms with E-state index in [1.54, 1.807) is 6.20 Å². The van der Waals surface area contributed by atoms with Gasteiger partial charge in [0.15, 0.2) is 0 Å². The molecule has 0 spiro atoms. The van der Waals surface area contributed by atoms with E-state index in [1.807, 2.05) is 18.2 Å². The van der Waals surface area contributed by atoms with Crippen LogP contribution in [0, 0.1) is 11.8 Å². The van der Waals surface area contributed by atoms with Crippen LogP contribution in [0.4, 0.5) is 11.5 Å². The summed E-state index contributed by atoms with van der Waals surface area (Å²) in [6.45, 7) is 0. The van der Waals surface area contributed by atoms with Gasteiger partial charge in [0, 0.05) is 34.9 Å². The molecule has 0 bridgehead atoms. The second-order valence-corrected chi connectivity index (χ2v) is 7.75. The van der Waals surface area contributed by atoms with E-state index in [-0.39, 0.29) is 6.10 Å². The number of aliphatic hydroxyl groups is 1. The topological polar surface area (TPSA) is 99.9 Å². The lowest BCUT2D eigenvalue weighted by atomic mass is 10.0. The molecule has 0 aliphatic heterocycles. The van der Waals surface area contributed by atoms with E-state index in [9.17, 15) is 5.11 Å². The number of pyridine rings is 1. The Labute approximate surface area is 151 Å². The number of aromatic amines is 1. The lowest BCUT2D eigenvalue weighted by molar-refractivity contribution is 0.171. The largest absolute Gasteiger partial charge is 0.393 e. The Morgan fingerprint density at radius 3 is 2.62 bits per heavy atom. The van der Waals surface area contributed by atoms with Crippen LogP contribution in [0.25, 0.3) is 22.2 Å². The van der Waals surface area contributed by atoms with E-state index in [0.29, 0.717) is 23.7 Å². The summed E-state index contributed by atoms with van der Waals surface area (Å²) in [4.78, 5) is 4.52. The van der Waals surface area contributed by atoms with E-state index in [1.165, 1.54) is 0 Å². The number of anilines is 2. The first-order valence-corrected chi connectivity index (χ1v) is 9.30. The van der Waals surface area contributed by atoms with Gasteiger partial charge in [-0.05, 0) is 49.7 Å². The van der Waals surface area contributed by atoms with Crippen molar-refractivity contribution in [2.24, 2.45) is 11.8 Å². The fraction of sp³-hybridized carbons (Fsp3) is 0.400. The van der Waals surface area contributed by atoms with E-state index in [4.69, 9.17) is 5.73 Å². The van der Waals surface area contributed by atoms with Crippen molar-refractivity contribution in [2.75, 3.05) is 11.1 Å². The van der Waals surface area contributed by atoms with Crippen LogP contribution in [-0.4, -0.2) is 32.4 Å². The zero-order valence-corrected chi connectivity index (χ0v) is 14.5. The van der Waals surface area contributed by atoms with Gasteiger partial charge in [-0.3, -0.25) is 5.10 Å². The average Bonchev–Trinajstić information content (AvgIpc) is 3.30. The summed E-state index contributed by atoms with van der Waals surface area (Å²) >= 11 is 0. The zero-order chi connectivity index (χ0) is 17.7. The number of nitrogen functional groups attached to an aromatic ring is 1. The van der Waals surface area contributed by atoms with Gasteiger partial charge in [-0.1, -0.05) is 12.1 Å².